The van der Waals surface area contributed by atoms with Gasteiger partial charge in [-0.15, -0.1) is 0 Å². The number of aliphatic hydroxyl groups is 1. The third-order valence-electron chi connectivity index (χ3n) is 7.00. The molecule has 3 aromatic rings. The number of alkyl carbamates (subject to hydrolysis) is 1. The standard InChI is InChI=1S/C32H38N2O8S/c1-43(38,39)34-31(36)28-18-15-25(21-30(28)42-27-11-7-2-3-8-12-27)23-13-16-26(17-14-23)40-19-20-41-32(37)33-22-29(35)24-9-5-4-6-10-24/h4-6,9-10,13-18,21,27,29,35H,2-3,7-8,11-12,19-20,22H2,1H3,(H,33,37)(H,34,36)/t29-/m0/s1. The van der Waals surface area contributed by atoms with Crippen molar-refractivity contribution in [3.63, 3.8) is 0 Å². The Kier molecular flexibility index (Phi) is 11.4. The monoisotopic (exact) mass is 610 g/mol. The molecule has 2 amide bonds. The molecule has 1 aliphatic rings. The van der Waals surface area contributed by atoms with Gasteiger partial charge in [0.1, 0.15) is 24.7 Å². The van der Waals surface area contributed by atoms with Gasteiger partial charge in [0.15, 0.2) is 0 Å². The van der Waals surface area contributed by atoms with E-state index in [-0.39, 0.29) is 31.4 Å². The molecule has 10 nitrogen and oxygen atoms in total. The number of carbonyl (C=O) groups is 2. The molecule has 43 heavy (non-hydrogen) atoms. The smallest absolute Gasteiger partial charge is 0.407 e. The molecule has 0 spiro atoms. The van der Waals surface area contributed by atoms with Crippen LogP contribution in [0, 0.1) is 0 Å². The summed E-state index contributed by atoms with van der Waals surface area (Å²) < 4.78 is 42.5. The highest BCUT2D eigenvalue weighted by Crippen LogP contribution is 2.31. The van der Waals surface area contributed by atoms with Crippen molar-refractivity contribution in [2.75, 3.05) is 26.0 Å². The predicted octanol–water partition coefficient (Wildman–Crippen LogP) is 4.98. The maximum absolute atomic E-state index is 12.7. The molecule has 0 aromatic heterocycles. The summed E-state index contributed by atoms with van der Waals surface area (Å²) in [7, 11) is -3.74. The lowest BCUT2D eigenvalue weighted by Gasteiger charge is -2.20. The van der Waals surface area contributed by atoms with Crippen LogP contribution < -0.4 is 19.5 Å². The van der Waals surface area contributed by atoms with Gasteiger partial charge in [0.2, 0.25) is 10.0 Å². The lowest BCUT2D eigenvalue weighted by molar-refractivity contribution is 0.0972. The first kappa shape index (κ1) is 31.8. The SMILES string of the molecule is CS(=O)(=O)NC(=O)c1ccc(-c2ccc(OCCOC(=O)NC[C@H](O)c3ccccc3)cc2)cc1OC1CCCCCC1. The number of rotatable bonds is 12. The van der Waals surface area contributed by atoms with E-state index < -0.39 is 28.1 Å². The molecule has 0 saturated heterocycles. The molecule has 1 aliphatic carbocycles. The number of ether oxygens (including phenoxy) is 3. The summed E-state index contributed by atoms with van der Waals surface area (Å²) in [5.74, 6) is 0.189. The molecule has 1 fully saturated rings. The number of aliphatic hydroxyl groups excluding tert-OH is 1. The Bertz CT molecular complexity index is 1450. The normalized spacial score (nSPS) is 14.7. The molecule has 1 atom stereocenters. The van der Waals surface area contributed by atoms with E-state index in [9.17, 15) is 23.1 Å². The fourth-order valence-electron chi connectivity index (χ4n) is 4.81. The van der Waals surface area contributed by atoms with Gasteiger partial charge in [-0.2, -0.15) is 0 Å². The third kappa shape index (κ3) is 10.3. The second kappa shape index (κ2) is 15.4. The topological polar surface area (TPSA) is 140 Å². The average Bonchev–Trinajstić information content (AvgIpc) is 3.26. The molecule has 3 N–H and O–H groups in total. The van der Waals surface area contributed by atoms with Gasteiger partial charge in [0, 0.05) is 0 Å². The quantitative estimate of drug-likeness (QED) is 0.193. The Morgan fingerprint density at radius 1 is 0.907 bits per heavy atom. The van der Waals surface area contributed by atoms with Gasteiger partial charge < -0.3 is 24.6 Å². The molecule has 0 aliphatic heterocycles. The first-order valence-corrected chi connectivity index (χ1v) is 16.3. The Morgan fingerprint density at radius 2 is 1.58 bits per heavy atom. The number of hydrogen-bond donors (Lipinski definition) is 3. The van der Waals surface area contributed by atoms with Crippen molar-refractivity contribution in [2.45, 2.75) is 50.7 Å². The summed E-state index contributed by atoms with van der Waals surface area (Å²) in [6.07, 6.45) is 5.56. The van der Waals surface area contributed by atoms with E-state index in [1.165, 1.54) is 0 Å². The summed E-state index contributed by atoms with van der Waals surface area (Å²) >= 11 is 0. The van der Waals surface area contributed by atoms with Crippen molar-refractivity contribution in [1.29, 1.82) is 0 Å². The largest absolute Gasteiger partial charge is 0.490 e. The van der Waals surface area contributed by atoms with Crippen molar-refractivity contribution in [3.8, 4) is 22.6 Å². The van der Waals surface area contributed by atoms with Crippen molar-refractivity contribution in [1.82, 2.24) is 10.0 Å². The van der Waals surface area contributed by atoms with Crippen molar-refractivity contribution < 1.29 is 37.3 Å². The van der Waals surface area contributed by atoms with Crippen LogP contribution in [0.3, 0.4) is 0 Å². The van der Waals surface area contributed by atoms with Gasteiger partial charge in [-0.25, -0.2) is 17.9 Å². The highest BCUT2D eigenvalue weighted by Gasteiger charge is 2.21. The minimum absolute atomic E-state index is 0.0217. The molecule has 230 valence electrons. The number of sulfonamides is 1. The van der Waals surface area contributed by atoms with Gasteiger partial charge in [-0.3, -0.25) is 4.79 Å². The first-order chi connectivity index (χ1) is 20.7. The molecule has 4 rings (SSSR count). The van der Waals surface area contributed by atoms with Crippen molar-refractivity contribution in [2.24, 2.45) is 0 Å². The Labute approximate surface area is 252 Å². The summed E-state index contributed by atoms with van der Waals surface area (Å²) in [6, 6.07) is 21.4. The molecule has 0 heterocycles. The lowest BCUT2D eigenvalue weighted by Crippen LogP contribution is -2.30. The zero-order valence-corrected chi connectivity index (χ0v) is 25.0. The summed E-state index contributed by atoms with van der Waals surface area (Å²) in [5.41, 5.74) is 2.51. The molecule has 1 saturated carbocycles. The highest BCUT2D eigenvalue weighted by molar-refractivity contribution is 7.89. The van der Waals surface area contributed by atoms with Crippen LogP contribution in [0.1, 0.15) is 60.6 Å². The van der Waals surface area contributed by atoms with Gasteiger partial charge in [0.05, 0.1) is 30.6 Å². The van der Waals surface area contributed by atoms with Crippen LogP contribution >= 0.6 is 0 Å². The van der Waals surface area contributed by atoms with Crippen LogP contribution in [-0.4, -0.2) is 57.6 Å². The molecule has 0 unspecified atom stereocenters. The Hall–Kier alpha value is -4.09. The summed E-state index contributed by atoms with van der Waals surface area (Å²) in [5, 5.41) is 12.7. The summed E-state index contributed by atoms with van der Waals surface area (Å²) in [4.78, 5) is 24.7. The molecular formula is C32H38N2O8S. The maximum Gasteiger partial charge on any atom is 0.407 e. The average molecular weight is 611 g/mol. The first-order valence-electron chi connectivity index (χ1n) is 14.4. The van der Waals surface area contributed by atoms with E-state index in [0.29, 0.717) is 17.1 Å². The number of hydrogen-bond acceptors (Lipinski definition) is 8. The van der Waals surface area contributed by atoms with E-state index in [1.54, 1.807) is 42.5 Å². The maximum atomic E-state index is 12.7. The van der Waals surface area contributed by atoms with E-state index in [0.717, 1.165) is 55.9 Å². The second-order valence-corrected chi connectivity index (χ2v) is 12.2. The number of nitrogens with one attached hydrogen (secondary N) is 2. The second-order valence-electron chi connectivity index (χ2n) is 10.5. The van der Waals surface area contributed by atoms with Crippen LogP contribution in [0.15, 0.2) is 72.8 Å². The predicted molar refractivity (Wildman–Crippen MR) is 163 cm³/mol. The van der Waals surface area contributed by atoms with E-state index in [4.69, 9.17) is 14.2 Å². The van der Waals surface area contributed by atoms with Crippen LogP contribution in [0.5, 0.6) is 11.5 Å². The van der Waals surface area contributed by atoms with Gasteiger partial charge in [-0.1, -0.05) is 61.4 Å². The summed E-state index contributed by atoms with van der Waals surface area (Å²) in [6.45, 7) is 0.188. The van der Waals surface area contributed by atoms with Crippen molar-refractivity contribution >= 4 is 22.0 Å². The Morgan fingerprint density at radius 3 is 2.26 bits per heavy atom. The van der Waals surface area contributed by atoms with Crippen molar-refractivity contribution in [3.05, 3.63) is 83.9 Å². The number of amides is 2. The zero-order chi connectivity index (χ0) is 30.7. The van der Waals surface area contributed by atoms with Gasteiger partial charge in [0.25, 0.3) is 5.91 Å². The molecular weight excluding hydrogens is 572 g/mol. The fraction of sp³-hybridized carbons (Fsp3) is 0.375. The zero-order valence-electron chi connectivity index (χ0n) is 24.2. The van der Waals surface area contributed by atoms with Crippen LogP contribution in [0.2, 0.25) is 0 Å². The van der Waals surface area contributed by atoms with Crippen LogP contribution in [-0.2, 0) is 14.8 Å². The number of carbonyl (C=O) groups excluding carboxylic acids is 2. The van der Waals surface area contributed by atoms with E-state index in [2.05, 4.69) is 5.32 Å². The van der Waals surface area contributed by atoms with Gasteiger partial charge in [-0.05, 0) is 66.6 Å². The van der Waals surface area contributed by atoms with Crippen LogP contribution in [0.4, 0.5) is 4.79 Å². The molecule has 11 heteroatoms. The van der Waals surface area contributed by atoms with E-state index in [1.807, 2.05) is 35.1 Å². The lowest BCUT2D eigenvalue weighted by atomic mass is 10.0. The third-order valence-corrected chi connectivity index (χ3v) is 7.55. The minimum atomic E-state index is -3.74. The molecule has 0 bridgehead atoms. The number of benzene rings is 3. The minimum Gasteiger partial charge on any atom is -0.490 e. The fourth-order valence-corrected chi connectivity index (χ4v) is 5.26. The molecule has 0 radical (unpaired) electrons. The Balaban J connectivity index is 1.32. The highest BCUT2D eigenvalue weighted by atomic mass is 32.2. The van der Waals surface area contributed by atoms with Gasteiger partial charge >= 0.3 is 6.09 Å². The molecule has 3 aromatic carbocycles. The van der Waals surface area contributed by atoms with Crippen LogP contribution in [0.25, 0.3) is 11.1 Å². The van der Waals surface area contributed by atoms with E-state index >= 15 is 0 Å².